The molecule has 0 aliphatic carbocycles. The molecule has 4 nitrogen and oxygen atoms in total. The molecule has 0 bridgehead atoms. The molecule has 0 N–H and O–H groups in total. The molecule has 0 aliphatic heterocycles. The van der Waals surface area contributed by atoms with Crippen LogP contribution in [0.3, 0.4) is 0 Å². The van der Waals surface area contributed by atoms with E-state index in [1.165, 1.54) is 16.3 Å². The molecule has 20 heavy (non-hydrogen) atoms. The molecule has 0 radical (unpaired) electrons. The summed E-state index contributed by atoms with van der Waals surface area (Å²) in [5, 5.41) is 19.5. The molecule has 0 aliphatic rings. The van der Waals surface area contributed by atoms with Crippen molar-refractivity contribution in [3.63, 3.8) is 0 Å². The molecular formula is C16H14N4. The quantitative estimate of drug-likeness (QED) is 0.729. The Bertz CT molecular complexity index is 790. The van der Waals surface area contributed by atoms with Gasteiger partial charge in [-0.05, 0) is 22.8 Å². The van der Waals surface area contributed by atoms with E-state index in [2.05, 4.69) is 40.6 Å². The highest BCUT2D eigenvalue weighted by molar-refractivity contribution is 5.85. The van der Waals surface area contributed by atoms with Crippen molar-refractivity contribution in [1.82, 2.24) is 15.0 Å². The number of fused-ring (bicyclic) bond motifs is 1. The van der Waals surface area contributed by atoms with Crippen LogP contribution in [0.15, 0.2) is 42.5 Å². The Hall–Kier alpha value is -2.67. The maximum absolute atomic E-state index is 9.03. The average Bonchev–Trinajstić information content (AvgIpc) is 2.89. The lowest BCUT2D eigenvalue weighted by molar-refractivity contribution is 0.624. The number of rotatable bonds is 3. The molecule has 1 heterocycles. The van der Waals surface area contributed by atoms with Crippen LogP contribution in [0.2, 0.25) is 0 Å². The van der Waals surface area contributed by atoms with Crippen LogP contribution >= 0.6 is 0 Å². The van der Waals surface area contributed by atoms with Gasteiger partial charge in [-0.2, -0.15) is 5.26 Å². The number of hydrogen-bond donors (Lipinski definition) is 0. The zero-order chi connectivity index (χ0) is 13.9. The SMILES string of the molecule is CCc1c(C#N)nnn1Cc1cccc2ccccc12. The van der Waals surface area contributed by atoms with Crippen molar-refractivity contribution in [3.05, 3.63) is 59.4 Å². The first-order valence-corrected chi connectivity index (χ1v) is 6.62. The summed E-state index contributed by atoms with van der Waals surface area (Å²) in [6, 6.07) is 16.6. The molecule has 0 saturated heterocycles. The van der Waals surface area contributed by atoms with Gasteiger partial charge in [0.05, 0.1) is 12.2 Å². The van der Waals surface area contributed by atoms with Crippen LogP contribution in [0.4, 0.5) is 0 Å². The molecule has 1 aromatic heterocycles. The fourth-order valence-corrected chi connectivity index (χ4v) is 2.49. The van der Waals surface area contributed by atoms with E-state index in [-0.39, 0.29) is 0 Å². The lowest BCUT2D eigenvalue weighted by atomic mass is 10.0. The van der Waals surface area contributed by atoms with Crippen LogP contribution in [0.25, 0.3) is 10.8 Å². The van der Waals surface area contributed by atoms with Crippen molar-refractivity contribution in [2.75, 3.05) is 0 Å². The molecule has 4 heteroatoms. The third-order valence-electron chi connectivity index (χ3n) is 3.48. The molecule has 98 valence electrons. The van der Waals surface area contributed by atoms with Crippen LogP contribution in [-0.2, 0) is 13.0 Å². The van der Waals surface area contributed by atoms with Crippen LogP contribution in [0, 0.1) is 11.3 Å². The Morgan fingerprint density at radius 3 is 2.75 bits per heavy atom. The number of hydrogen-bond acceptors (Lipinski definition) is 3. The van der Waals surface area contributed by atoms with Gasteiger partial charge in [-0.25, -0.2) is 4.68 Å². The molecule has 3 aromatic rings. The second-order valence-corrected chi connectivity index (χ2v) is 4.65. The largest absolute Gasteiger partial charge is 0.244 e. The first kappa shape index (κ1) is 12.4. The van der Waals surface area contributed by atoms with Gasteiger partial charge in [-0.3, -0.25) is 0 Å². The fourth-order valence-electron chi connectivity index (χ4n) is 2.49. The standard InChI is InChI=1S/C16H14N4/c1-2-16-15(10-17)18-19-20(16)11-13-8-5-7-12-6-3-4-9-14(12)13/h3-9H,2,11H2,1H3. The molecule has 2 aromatic carbocycles. The predicted octanol–water partition coefficient (Wildman–Crippen LogP) is 2.91. The number of nitriles is 1. The Morgan fingerprint density at radius 2 is 1.95 bits per heavy atom. The zero-order valence-corrected chi connectivity index (χ0v) is 11.2. The van der Waals surface area contributed by atoms with Gasteiger partial charge in [0, 0.05) is 0 Å². The third kappa shape index (κ3) is 2.04. The predicted molar refractivity (Wildman–Crippen MR) is 77.2 cm³/mol. The van der Waals surface area contributed by atoms with Gasteiger partial charge in [0.2, 0.25) is 0 Å². The van der Waals surface area contributed by atoms with Gasteiger partial charge in [-0.1, -0.05) is 54.6 Å². The molecule has 0 saturated carbocycles. The van der Waals surface area contributed by atoms with Crippen LogP contribution < -0.4 is 0 Å². The highest BCUT2D eigenvalue weighted by atomic mass is 15.4. The molecule has 0 fully saturated rings. The zero-order valence-electron chi connectivity index (χ0n) is 11.2. The van der Waals surface area contributed by atoms with E-state index in [0.717, 1.165) is 12.1 Å². The highest BCUT2D eigenvalue weighted by Crippen LogP contribution is 2.20. The van der Waals surface area contributed by atoms with Gasteiger partial charge in [0.25, 0.3) is 0 Å². The Labute approximate surface area is 117 Å². The summed E-state index contributed by atoms with van der Waals surface area (Å²) in [4.78, 5) is 0. The number of benzene rings is 2. The summed E-state index contributed by atoms with van der Waals surface area (Å²) in [6.45, 7) is 2.65. The Morgan fingerprint density at radius 1 is 1.15 bits per heavy atom. The van der Waals surface area contributed by atoms with Crippen molar-refractivity contribution in [1.29, 1.82) is 5.26 Å². The molecule has 0 atom stereocenters. The summed E-state index contributed by atoms with van der Waals surface area (Å²) in [6.07, 6.45) is 0.751. The normalized spacial score (nSPS) is 10.6. The second kappa shape index (κ2) is 5.14. The molecule has 0 amide bonds. The van der Waals surface area contributed by atoms with Crippen LogP contribution in [-0.4, -0.2) is 15.0 Å². The average molecular weight is 262 g/mol. The van der Waals surface area contributed by atoms with E-state index in [4.69, 9.17) is 5.26 Å². The smallest absolute Gasteiger partial charge is 0.185 e. The van der Waals surface area contributed by atoms with Crippen molar-refractivity contribution in [2.24, 2.45) is 0 Å². The van der Waals surface area contributed by atoms with Gasteiger partial charge < -0.3 is 0 Å². The van der Waals surface area contributed by atoms with E-state index in [1.54, 1.807) is 0 Å². The number of nitrogens with zero attached hydrogens (tertiary/aromatic N) is 4. The van der Waals surface area contributed by atoms with E-state index in [9.17, 15) is 0 Å². The minimum Gasteiger partial charge on any atom is -0.244 e. The summed E-state index contributed by atoms with van der Waals surface area (Å²) in [5.74, 6) is 0. The lowest BCUT2D eigenvalue weighted by Gasteiger charge is -2.08. The summed E-state index contributed by atoms with van der Waals surface area (Å²) in [7, 11) is 0. The van der Waals surface area contributed by atoms with Gasteiger partial charge >= 0.3 is 0 Å². The topological polar surface area (TPSA) is 54.5 Å². The van der Waals surface area contributed by atoms with Crippen molar-refractivity contribution < 1.29 is 0 Å². The molecule has 0 unspecified atom stereocenters. The van der Waals surface area contributed by atoms with E-state index in [1.807, 2.05) is 29.8 Å². The van der Waals surface area contributed by atoms with Gasteiger partial charge in [0.15, 0.2) is 5.69 Å². The third-order valence-corrected chi connectivity index (χ3v) is 3.48. The van der Waals surface area contributed by atoms with E-state index >= 15 is 0 Å². The number of aromatic nitrogens is 3. The molecular weight excluding hydrogens is 248 g/mol. The maximum atomic E-state index is 9.03. The monoisotopic (exact) mass is 262 g/mol. The highest BCUT2D eigenvalue weighted by Gasteiger charge is 2.11. The maximum Gasteiger partial charge on any atom is 0.185 e. The van der Waals surface area contributed by atoms with Crippen LogP contribution in [0.5, 0.6) is 0 Å². The Kier molecular flexibility index (Phi) is 3.18. The minimum absolute atomic E-state index is 0.424. The Balaban J connectivity index is 2.06. The molecule has 0 spiro atoms. The molecule has 3 rings (SSSR count). The van der Waals surface area contributed by atoms with Crippen LogP contribution in [0.1, 0.15) is 23.9 Å². The first-order valence-electron chi connectivity index (χ1n) is 6.62. The van der Waals surface area contributed by atoms with Gasteiger partial charge in [0.1, 0.15) is 6.07 Å². The van der Waals surface area contributed by atoms with Crippen molar-refractivity contribution >= 4 is 10.8 Å². The minimum atomic E-state index is 0.424. The van der Waals surface area contributed by atoms with Crippen molar-refractivity contribution in [3.8, 4) is 6.07 Å². The van der Waals surface area contributed by atoms with E-state index < -0.39 is 0 Å². The lowest BCUT2D eigenvalue weighted by Crippen LogP contribution is -2.06. The van der Waals surface area contributed by atoms with Gasteiger partial charge in [-0.15, -0.1) is 5.10 Å². The summed E-state index contributed by atoms with van der Waals surface area (Å²) in [5.41, 5.74) is 2.50. The van der Waals surface area contributed by atoms with Crippen molar-refractivity contribution in [2.45, 2.75) is 19.9 Å². The first-order chi connectivity index (χ1) is 9.83. The summed E-state index contributed by atoms with van der Waals surface area (Å²) < 4.78 is 1.82. The second-order valence-electron chi connectivity index (χ2n) is 4.65. The van der Waals surface area contributed by atoms with E-state index in [0.29, 0.717) is 12.2 Å². The summed E-state index contributed by atoms with van der Waals surface area (Å²) >= 11 is 0. The fraction of sp³-hybridized carbons (Fsp3) is 0.188.